The summed E-state index contributed by atoms with van der Waals surface area (Å²) < 4.78 is 9.68. The molecule has 10 heteroatoms. The molecule has 1 aliphatic heterocycles. The SMILES string of the molecule is O=C([O-])[C@H]1O[C@@H](O)[C@H](O)[C@](O)(Oc2cc3ccccc3[nH]2)[C@@H]1O.[Na+]. The van der Waals surface area contributed by atoms with Gasteiger partial charge in [0.2, 0.25) is 0 Å². The van der Waals surface area contributed by atoms with Crippen molar-refractivity contribution in [1.82, 2.24) is 4.98 Å². The number of hydrogen-bond donors (Lipinski definition) is 5. The maximum atomic E-state index is 10.9. The topological polar surface area (TPSA) is 155 Å². The Morgan fingerprint density at radius 2 is 1.92 bits per heavy atom. The number of ether oxygens (including phenoxy) is 2. The molecule has 1 fully saturated rings. The summed E-state index contributed by atoms with van der Waals surface area (Å²) in [6.07, 6.45) is -8.48. The Balaban J connectivity index is 0.00000208. The van der Waals surface area contributed by atoms with Crippen LogP contribution >= 0.6 is 0 Å². The van der Waals surface area contributed by atoms with E-state index in [0.717, 1.165) is 5.39 Å². The molecule has 1 aromatic carbocycles. The van der Waals surface area contributed by atoms with Crippen LogP contribution in [-0.2, 0) is 9.53 Å². The van der Waals surface area contributed by atoms with E-state index < -0.39 is 36.4 Å². The second-order valence-electron chi connectivity index (χ2n) is 5.23. The summed E-state index contributed by atoms with van der Waals surface area (Å²) in [6, 6.07) is 8.47. The fourth-order valence-corrected chi connectivity index (χ4v) is 2.48. The molecule has 2 heterocycles. The molecule has 5 N–H and O–H groups in total. The first-order valence-corrected chi connectivity index (χ1v) is 6.72. The van der Waals surface area contributed by atoms with E-state index in [1.54, 1.807) is 24.3 Å². The van der Waals surface area contributed by atoms with Gasteiger partial charge in [-0.05, 0) is 6.07 Å². The maximum absolute atomic E-state index is 10.9. The van der Waals surface area contributed by atoms with Gasteiger partial charge in [-0.25, -0.2) is 0 Å². The molecule has 1 saturated heterocycles. The minimum atomic E-state index is -2.82. The summed E-state index contributed by atoms with van der Waals surface area (Å²) in [6.45, 7) is 0. The summed E-state index contributed by atoms with van der Waals surface area (Å²) in [5, 5.41) is 51.4. The van der Waals surface area contributed by atoms with Crippen LogP contribution in [0.25, 0.3) is 10.9 Å². The number of carbonyl (C=O) groups excluding carboxylic acids is 1. The van der Waals surface area contributed by atoms with Gasteiger partial charge in [0.15, 0.2) is 24.4 Å². The van der Waals surface area contributed by atoms with Gasteiger partial charge < -0.3 is 44.8 Å². The van der Waals surface area contributed by atoms with E-state index in [0.29, 0.717) is 5.52 Å². The Labute approximate surface area is 157 Å². The van der Waals surface area contributed by atoms with Crippen molar-refractivity contribution >= 4 is 16.9 Å². The molecule has 3 rings (SSSR count). The number of aromatic nitrogens is 1. The molecule has 0 saturated carbocycles. The molecule has 1 aromatic heterocycles. The van der Waals surface area contributed by atoms with Crippen molar-refractivity contribution in [1.29, 1.82) is 0 Å². The number of fused-ring (bicyclic) bond motifs is 1. The standard InChI is InChI=1S/C14H15NO8.Na/c16-10-9(12(18)19)22-13(20)11(17)14(10,21)23-8-5-6-3-1-2-4-7(6)15-8;/h1-5,9-11,13,15-17,20-21H,(H,18,19);/q;+1/p-1/t9-,10+,11-,13+,14+;/m0./s1. The van der Waals surface area contributed by atoms with Crippen LogP contribution in [-0.4, -0.2) is 61.8 Å². The summed E-state index contributed by atoms with van der Waals surface area (Å²) in [4.78, 5) is 13.7. The molecule has 0 radical (unpaired) electrons. The van der Waals surface area contributed by atoms with Gasteiger partial charge in [-0.1, -0.05) is 18.2 Å². The number of aliphatic hydroxyl groups is 4. The molecule has 1 aliphatic rings. The third-order valence-corrected chi connectivity index (χ3v) is 3.70. The number of benzene rings is 1. The van der Waals surface area contributed by atoms with E-state index in [4.69, 9.17) is 4.74 Å². The zero-order valence-electron chi connectivity index (χ0n) is 12.6. The van der Waals surface area contributed by atoms with E-state index in [1.807, 2.05) is 0 Å². The fraction of sp³-hybridized carbons (Fsp3) is 0.357. The van der Waals surface area contributed by atoms with Crippen LogP contribution in [0.5, 0.6) is 5.88 Å². The number of carboxylic acid groups (broad SMARTS) is 1. The molecular weight excluding hydrogens is 333 g/mol. The van der Waals surface area contributed by atoms with Crippen LogP contribution in [0.2, 0.25) is 0 Å². The Bertz CT molecular complexity index is 703. The average molecular weight is 347 g/mol. The number of rotatable bonds is 3. The Kier molecular flexibility index (Phi) is 5.57. The molecule has 0 aliphatic carbocycles. The molecule has 0 unspecified atom stereocenters. The summed E-state index contributed by atoms with van der Waals surface area (Å²) in [5.41, 5.74) is 0.652. The number of hydrogen-bond acceptors (Lipinski definition) is 8. The van der Waals surface area contributed by atoms with Crippen molar-refractivity contribution < 1.29 is 69.4 Å². The average Bonchev–Trinajstić information content (AvgIpc) is 2.91. The van der Waals surface area contributed by atoms with E-state index in [2.05, 4.69) is 9.72 Å². The van der Waals surface area contributed by atoms with Crippen molar-refractivity contribution in [3.63, 3.8) is 0 Å². The third kappa shape index (κ3) is 3.17. The first-order chi connectivity index (χ1) is 10.8. The number of para-hydroxylation sites is 1. The number of H-pyrrole nitrogens is 1. The summed E-state index contributed by atoms with van der Waals surface area (Å²) in [5.74, 6) is -4.73. The van der Waals surface area contributed by atoms with Crippen molar-refractivity contribution in [2.45, 2.75) is 30.4 Å². The Hall–Kier alpha value is -1.17. The van der Waals surface area contributed by atoms with Crippen LogP contribution in [0.3, 0.4) is 0 Å². The molecule has 9 nitrogen and oxygen atoms in total. The van der Waals surface area contributed by atoms with Crippen molar-refractivity contribution in [2.24, 2.45) is 0 Å². The summed E-state index contributed by atoms with van der Waals surface area (Å²) in [7, 11) is 0. The molecule has 124 valence electrons. The quantitative estimate of drug-likeness (QED) is 0.272. The number of aliphatic hydroxyl groups excluding tert-OH is 3. The van der Waals surface area contributed by atoms with Gasteiger partial charge in [-0.15, -0.1) is 0 Å². The predicted molar refractivity (Wildman–Crippen MR) is 71.8 cm³/mol. The van der Waals surface area contributed by atoms with Crippen LogP contribution < -0.4 is 39.4 Å². The molecule has 0 amide bonds. The fourth-order valence-electron chi connectivity index (χ4n) is 2.48. The minimum Gasteiger partial charge on any atom is -0.547 e. The Morgan fingerprint density at radius 3 is 2.54 bits per heavy atom. The third-order valence-electron chi connectivity index (χ3n) is 3.70. The first-order valence-electron chi connectivity index (χ1n) is 6.72. The molecule has 24 heavy (non-hydrogen) atoms. The zero-order valence-corrected chi connectivity index (χ0v) is 14.6. The number of aliphatic carboxylic acids is 1. The van der Waals surface area contributed by atoms with Crippen LogP contribution in [0, 0.1) is 0 Å². The Morgan fingerprint density at radius 1 is 1.25 bits per heavy atom. The van der Waals surface area contributed by atoms with Crippen molar-refractivity contribution in [2.75, 3.05) is 0 Å². The van der Waals surface area contributed by atoms with E-state index in [1.165, 1.54) is 6.07 Å². The number of carbonyl (C=O) groups is 1. The predicted octanol–water partition coefficient (Wildman–Crippen LogP) is -5.57. The maximum Gasteiger partial charge on any atom is 1.00 e. The number of carboxylic acids is 1. The van der Waals surface area contributed by atoms with E-state index in [9.17, 15) is 30.3 Å². The van der Waals surface area contributed by atoms with Gasteiger partial charge in [0.05, 0.1) is 5.97 Å². The first kappa shape index (κ1) is 19.2. The normalized spacial score (nSPS) is 33.0. The number of nitrogens with one attached hydrogen (secondary N) is 1. The van der Waals surface area contributed by atoms with Gasteiger partial charge in [-0.2, -0.15) is 0 Å². The largest absolute Gasteiger partial charge is 1.00 e. The van der Waals surface area contributed by atoms with E-state index in [-0.39, 0.29) is 35.4 Å². The van der Waals surface area contributed by atoms with Crippen molar-refractivity contribution in [3.8, 4) is 5.88 Å². The number of aromatic amines is 1. The molecule has 0 bridgehead atoms. The van der Waals surface area contributed by atoms with Gasteiger partial charge in [0, 0.05) is 17.0 Å². The van der Waals surface area contributed by atoms with Crippen molar-refractivity contribution in [3.05, 3.63) is 30.3 Å². The second kappa shape index (κ2) is 6.98. The molecule has 5 atom stereocenters. The monoisotopic (exact) mass is 347 g/mol. The summed E-state index contributed by atoms with van der Waals surface area (Å²) >= 11 is 0. The minimum absolute atomic E-state index is 0. The van der Waals surface area contributed by atoms with Crippen LogP contribution in [0.1, 0.15) is 0 Å². The second-order valence-corrected chi connectivity index (χ2v) is 5.23. The van der Waals surface area contributed by atoms with Gasteiger partial charge in [0.1, 0.15) is 6.10 Å². The van der Waals surface area contributed by atoms with Crippen LogP contribution in [0.15, 0.2) is 30.3 Å². The molecular formula is C14H14NNaO8. The van der Waals surface area contributed by atoms with Gasteiger partial charge in [0.25, 0.3) is 5.79 Å². The molecule has 0 spiro atoms. The zero-order chi connectivity index (χ0) is 16.8. The van der Waals surface area contributed by atoms with Gasteiger partial charge in [-0.3, -0.25) is 0 Å². The smallest absolute Gasteiger partial charge is 0.547 e. The molecule has 2 aromatic rings. The van der Waals surface area contributed by atoms with E-state index >= 15 is 0 Å². The van der Waals surface area contributed by atoms with Gasteiger partial charge >= 0.3 is 29.6 Å². The van der Waals surface area contributed by atoms with Crippen LogP contribution in [0.4, 0.5) is 0 Å².